The first-order chi connectivity index (χ1) is 4.84. The molecule has 1 amide bonds. The molecule has 0 radical (unpaired) electrons. The van der Waals surface area contributed by atoms with Gasteiger partial charge in [0.1, 0.15) is 0 Å². The Morgan fingerprint density at radius 1 is 1.55 bits per heavy atom. The Morgan fingerprint density at radius 3 is 2.27 bits per heavy atom. The third kappa shape index (κ3) is 4.79. The van der Waals surface area contributed by atoms with E-state index in [4.69, 9.17) is 5.73 Å². The van der Waals surface area contributed by atoms with Crippen LogP contribution in [0.5, 0.6) is 0 Å². The van der Waals surface area contributed by atoms with E-state index in [-0.39, 0.29) is 17.4 Å². The largest absolute Gasteiger partial charge is 0.355 e. The highest BCUT2D eigenvalue weighted by Crippen LogP contribution is 2.16. The van der Waals surface area contributed by atoms with Gasteiger partial charge in [0.15, 0.2) is 0 Å². The van der Waals surface area contributed by atoms with Crippen molar-refractivity contribution in [1.82, 2.24) is 5.32 Å². The Bertz CT molecular complexity index is 138. The van der Waals surface area contributed by atoms with Crippen LogP contribution in [0.1, 0.15) is 27.7 Å². The number of nitrogens with two attached hydrogens (primary N) is 1. The number of hydrogen-bond acceptors (Lipinski definition) is 2. The molecule has 0 rings (SSSR count). The molecule has 0 aliphatic heterocycles. The maximum atomic E-state index is 10.5. The summed E-state index contributed by atoms with van der Waals surface area (Å²) in [5, 5.41) is 2.69. The summed E-state index contributed by atoms with van der Waals surface area (Å²) in [6.07, 6.45) is 0. The zero-order valence-electron chi connectivity index (χ0n) is 7.77. The maximum Gasteiger partial charge on any atom is 0.216 e. The zero-order valence-corrected chi connectivity index (χ0v) is 7.77. The summed E-state index contributed by atoms with van der Waals surface area (Å²) in [5.41, 5.74) is 5.84. The van der Waals surface area contributed by atoms with Crippen molar-refractivity contribution in [3.63, 3.8) is 0 Å². The Kier molecular flexibility index (Phi) is 3.52. The molecule has 0 aromatic heterocycles. The van der Waals surface area contributed by atoms with E-state index in [1.807, 2.05) is 0 Å². The summed E-state index contributed by atoms with van der Waals surface area (Å²) < 4.78 is 0. The predicted molar refractivity (Wildman–Crippen MR) is 46.1 cm³/mol. The molecule has 0 bridgehead atoms. The SMILES string of the molecule is CC(=O)NCC(N)C(C)(C)C. The minimum Gasteiger partial charge on any atom is -0.355 e. The highest BCUT2D eigenvalue weighted by Gasteiger charge is 2.19. The monoisotopic (exact) mass is 158 g/mol. The first-order valence-corrected chi connectivity index (χ1v) is 3.84. The van der Waals surface area contributed by atoms with Crippen molar-refractivity contribution < 1.29 is 4.79 Å². The number of carbonyl (C=O) groups is 1. The van der Waals surface area contributed by atoms with Crippen LogP contribution in [0.3, 0.4) is 0 Å². The topological polar surface area (TPSA) is 55.1 Å². The van der Waals surface area contributed by atoms with E-state index in [2.05, 4.69) is 26.1 Å². The molecule has 11 heavy (non-hydrogen) atoms. The van der Waals surface area contributed by atoms with Crippen LogP contribution in [0, 0.1) is 5.41 Å². The van der Waals surface area contributed by atoms with Crippen molar-refractivity contribution >= 4 is 5.91 Å². The van der Waals surface area contributed by atoms with Gasteiger partial charge in [0.05, 0.1) is 0 Å². The molecule has 0 aliphatic rings. The normalized spacial score (nSPS) is 14.3. The van der Waals surface area contributed by atoms with Gasteiger partial charge in [-0.1, -0.05) is 20.8 Å². The predicted octanol–water partition coefficient (Wildman–Crippen LogP) is 0.496. The van der Waals surface area contributed by atoms with E-state index in [0.29, 0.717) is 6.54 Å². The smallest absolute Gasteiger partial charge is 0.216 e. The zero-order chi connectivity index (χ0) is 9.07. The van der Waals surface area contributed by atoms with Crippen molar-refractivity contribution in [3.05, 3.63) is 0 Å². The first kappa shape index (κ1) is 10.4. The van der Waals surface area contributed by atoms with Gasteiger partial charge >= 0.3 is 0 Å². The van der Waals surface area contributed by atoms with Crippen molar-refractivity contribution in [2.75, 3.05) is 6.54 Å². The van der Waals surface area contributed by atoms with Crippen LogP contribution in [0.25, 0.3) is 0 Å². The van der Waals surface area contributed by atoms with Crippen molar-refractivity contribution in [2.45, 2.75) is 33.7 Å². The second-order valence-electron chi connectivity index (χ2n) is 3.91. The number of hydrogen-bond donors (Lipinski definition) is 2. The molecule has 66 valence electrons. The van der Waals surface area contributed by atoms with E-state index < -0.39 is 0 Å². The Labute approximate surface area is 68.3 Å². The van der Waals surface area contributed by atoms with Gasteiger partial charge < -0.3 is 11.1 Å². The maximum absolute atomic E-state index is 10.5. The molecule has 3 heteroatoms. The molecule has 1 atom stereocenters. The van der Waals surface area contributed by atoms with Crippen LogP contribution in [-0.4, -0.2) is 18.5 Å². The second kappa shape index (κ2) is 3.72. The molecule has 3 nitrogen and oxygen atoms in total. The Balaban J connectivity index is 3.70. The van der Waals surface area contributed by atoms with Gasteiger partial charge in [0.25, 0.3) is 0 Å². The summed E-state index contributed by atoms with van der Waals surface area (Å²) in [4.78, 5) is 10.5. The van der Waals surface area contributed by atoms with Crippen LogP contribution in [-0.2, 0) is 4.79 Å². The lowest BCUT2D eigenvalue weighted by Crippen LogP contribution is -2.44. The van der Waals surface area contributed by atoms with Crippen LogP contribution in [0.4, 0.5) is 0 Å². The molecule has 1 unspecified atom stereocenters. The molecule has 3 N–H and O–H groups in total. The van der Waals surface area contributed by atoms with E-state index in [9.17, 15) is 4.79 Å². The van der Waals surface area contributed by atoms with E-state index >= 15 is 0 Å². The molecule has 0 fully saturated rings. The minimum atomic E-state index is -0.0234. The summed E-state index contributed by atoms with van der Waals surface area (Å²) in [6.45, 7) is 8.21. The summed E-state index contributed by atoms with van der Waals surface area (Å²) in [5.74, 6) is -0.0234. The highest BCUT2D eigenvalue weighted by molar-refractivity contribution is 5.72. The van der Waals surface area contributed by atoms with E-state index in [1.165, 1.54) is 6.92 Å². The van der Waals surface area contributed by atoms with Crippen molar-refractivity contribution in [2.24, 2.45) is 11.1 Å². The van der Waals surface area contributed by atoms with E-state index in [1.54, 1.807) is 0 Å². The molecule has 0 saturated heterocycles. The van der Waals surface area contributed by atoms with Crippen LogP contribution >= 0.6 is 0 Å². The fourth-order valence-corrected chi connectivity index (χ4v) is 0.560. The number of rotatable bonds is 2. The molecule has 0 aliphatic carbocycles. The van der Waals surface area contributed by atoms with Gasteiger partial charge in [0, 0.05) is 19.5 Å². The lowest BCUT2D eigenvalue weighted by atomic mass is 9.87. The van der Waals surface area contributed by atoms with Crippen LogP contribution in [0.2, 0.25) is 0 Å². The minimum absolute atomic E-state index is 0.0198. The van der Waals surface area contributed by atoms with Gasteiger partial charge in [0.2, 0.25) is 5.91 Å². The van der Waals surface area contributed by atoms with Crippen molar-refractivity contribution in [1.29, 1.82) is 0 Å². The summed E-state index contributed by atoms with van der Waals surface area (Å²) >= 11 is 0. The number of amides is 1. The Hall–Kier alpha value is -0.570. The second-order valence-corrected chi connectivity index (χ2v) is 3.91. The average Bonchev–Trinajstić information content (AvgIpc) is 1.80. The van der Waals surface area contributed by atoms with Gasteiger partial charge in [-0.3, -0.25) is 4.79 Å². The summed E-state index contributed by atoms with van der Waals surface area (Å²) in [7, 11) is 0. The number of nitrogens with one attached hydrogen (secondary N) is 1. The fourth-order valence-electron chi connectivity index (χ4n) is 0.560. The Morgan fingerprint density at radius 2 is 2.00 bits per heavy atom. The third-order valence-electron chi connectivity index (χ3n) is 1.68. The summed E-state index contributed by atoms with van der Waals surface area (Å²) in [6, 6.07) is 0.0198. The third-order valence-corrected chi connectivity index (χ3v) is 1.68. The molecule has 0 heterocycles. The van der Waals surface area contributed by atoms with E-state index in [0.717, 1.165) is 0 Å². The molecule has 0 saturated carbocycles. The molecule has 0 aromatic rings. The molecule has 0 spiro atoms. The van der Waals surface area contributed by atoms with Gasteiger partial charge in [-0.15, -0.1) is 0 Å². The molecular weight excluding hydrogens is 140 g/mol. The average molecular weight is 158 g/mol. The lowest BCUT2D eigenvalue weighted by Gasteiger charge is -2.26. The molecule has 0 aromatic carbocycles. The van der Waals surface area contributed by atoms with Gasteiger partial charge in [-0.05, 0) is 5.41 Å². The van der Waals surface area contributed by atoms with Crippen LogP contribution < -0.4 is 11.1 Å². The highest BCUT2D eigenvalue weighted by atomic mass is 16.1. The fraction of sp³-hybridized carbons (Fsp3) is 0.875. The lowest BCUT2D eigenvalue weighted by molar-refractivity contribution is -0.119. The number of carbonyl (C=O) groups excluding carboxylic acids is 1. The standard InChI is InChI=1S/C8H18N2O/c1-6(11)10-5-7(9)8(2,3)4/h7H,5,9H2,1-4H3,(H,10,11). The van der Waals surface area contributed by atoms with Gasteiger partial charge in [-0.25, -0.2) is 0 Å². The van der Waals surface area contributed by atoms with Crippen LogP contribution in [0.15, 0.2) is 0 Å². The molecular formula is C8H18N2O. The first-order valence-electron chi connectivity index (χ1n) is 3.84. The van der Waals surface area contributed by atoms with Crippen molar-refractivity contribution in [3.8, 4) is 0 Å². The quantitative estimate of drug-likeness (QED) is 0.614. The van der Waals surface area contributed by atoms with Gasteiger partial charge in [-0.2, -0.15) is 0 Å².